The van der Waals surface area contributed by atoms with Crippen molar-refractivity contribution < 1.29 is 25.5 Å². The molecule has 1 aliphatic heterocycles. The normalized spacial score (nSPS) is 14.6. The molecular weight excluding hydrogens is 815 g/mol. The van der Waals surface area contributed by atoms with Crippen molar-refractivity contribution >= 4 is 62.5 Å². The Morgan fingerprint density at radius 2 is 1.30 bits per heavy atom. The second kappa shape index (κ2) is 20.5. The number of fused-ring (bicyclic) bond motifs is 4. The van der Waals surface area contributed by atoms with Crippen LogP contribution < -0.4 is 9.89 Å². The molecule has 0 spiro atoms. The molecule has 9 rings (SSSR count). The van der Waals surface area contributed by atoms with E-state index in [1.54, 1.807) is 0 Å². The van der Waals surface area contributed by atoms with Gasteiger partial charge in [0.05, 0.1) is 5.92 Å². The van der Waals surface area contributed by atoms with Gasteiger partial charge < -0.3 is 35.8 Å². The third-order valence-corrected chi connectivity index (χ3v) is 12.3. The lowest BCUT2D eigenvalue weighted by atomic mass is 9.90. The highest BCUT2D eigenvalue weighted by Gasteiger charge is 2.35. The van der Waals surface area contributed by atoms with Crippen LogP contribution in [0.15, 0.2) is 211 Å². The van der Waals surface area contributed by atoms with Crippen LogP contribution in [0.4, 0.5) is 22.7 Å². The fourth-order valence-electron chi connectivity index (χ4n) is 8.09. The number of aliphatic hydroxyl groups excluding tert-OH is 4. The number of anilines is 2. The summed E-state index contributed by atoms with van der Waals surface area (Å²) in [6, 6.07) is 61.2. The molecule has 2 atom stereocenters. The van der Waals surface area contributed by atoms with Crippen LogP contribution in [0.5, 0.6) is 0 Å². The fourth-order valence-corrected chi connectivity index (χ4v) is 9.63. The third kappa shape index (κ3) is 10.2. The van der Waals surface area contributed by atoms with Crippen molar-refractivity contribution in [3.8, 4) is 22.3 Å². The zero-order valence-electron chi connectivity index (χ0n) is 35.8. The molecule has 64 heavy (non-hydrogen) atoms. The molecule has 1 aromatic heterocycles. The molecule has 9 heteroatoms. The molecule has 8 nitrogen and oxygen atoms in total. The zero-order valence-corrected chi connectivity index (χ0v) is 36.6. The SMILES string of the molecule is C=C(O)/C(O)=C(\C)O.C=C(O)O.CCCC1Sc2ccccc2C1C=[N+](c1ccccc1)c1cccc(Nc2cccc(-c3cccc4[nH]c5ccccc5c34)c2-c2ccccc2)c1. The second-order valence-electron chi connectivity index (χ2n) is 15.3. The summed E-state index contributed by atoms with van der Waals surface area (Å²) in [7, 11) is 0. The number of benzene rings is 7. The van der Waals surface area contributed by atoms with E-state index in [0.717, 1.165) is 33.8 Å². The van der Waals surface area contributed by atoms with Gasteiger partial charge >= 0.3 is 0 Å². The van der Waals surface area contributed by atoms with Crippen LogP contribution in [-0.2, 0) is 0 Å². The number of nitrogens with one attached hydrogen (secondary N) is 2. The molecule has 0 radical (unpaired) electrons. The van der Waals surface area contributed by atoms with Crippen LogP contribution >= 0.6 is 11.8 Å². The van der Waals surface area contributed by atoms with E-state index < -0.39 is 17.5 Å². The van der Waals surface area contributed by atoms with Gasteiger partial charge in [0.2, 0.25) is 11.4 Å². The molecule has 0 saturated carbocycles. The highest BCUT2D eigenvalue weighted by atomic mass is 32.2. The van der Waals surface area contributed by atoms with Crippen molar-refractivity contribution in [3.05, 3.63) is 212 Å². The molecule has 1 aliphatic rings. The van der Waals surface area contributed by atoms with Crippen LogP contribution in [0.25, 0.3) is 44.1 Å². The van der Waals surface area contributed by atoms with Gasteiger partial charge in [-0.2, -0.15) is 4.58 Å². The Kier molecular flexibility index (Phi) is 14.2. The van der Waals surface area contributed by atoms with Gasteiger partial charge in [-0.1, -0.05) is 135 Å². The van der Waals surface area contributed by atoms with Crippen molar-refractivity contribution in [1.29, 1.82) is 0 Å². The minimum Gasteiger partial charge on any atom is -0.509 e. The number of aromatic nitrogens is 1. The van der Waals surface area contributed by atoms with Crippen LogP contribution in [0.2, 0.25) is 0 Å². The van der Waals surface area contributed by atoms with Gasteiger partial charge in [-0.3, -0.25) is 0 Å². The summed E-state index contributed by atoms with van der Waals surface area (Å²) in [5.74, 6) is -1.95. The fraction of sp³-hybridized carbons (Fsp3) is 0.109. The van der Waals surface area contributed by atoms with Crippen LogP contribution in [-0.4, -0.2) is 42.0 Å². The molecule has 2 unspecified atom stereocenters. The highest BCUT2D eigenvalue weighted by molar-refractivity contribution is 8.00. The van der Waals surface area contributed by atoms with Crippen molar-refractivity contribution in [2.45, 2.75) is 42.8 Å². The monoisotopic (exact) mass is 866 g/mol. The number of aromatic amines is 1. The first-order valence-electron chi connectivity index (χ1n) is 21.1. The Labute approximate surface area is 378 Å². The Morgan fingerprint density at radius 1 is 0.688 bits per heavy atom. The maximum Gasteiger partial charge on any atom is 0.266 e. The van der Waals surface area contributed by atoms with Crippen LogP contribution in [0.1, 0.15) is 38.2 Å². The predicted molar refractivity (Wildman–Crippen MR) is 268 cm³/mol. The highest BCUT2D eigenvalue weighted by Crippen LogP contribution is 2.47. The Hall–Kier alpha value is -7.62. The van der Waals surface area contributed by atoms with Crippen molar-refractivity contribution in [3.63, 3.8) is 0 Å². The first-order chi connectivity index (χ1) is 31.0. The average Bonchev–Trinajstić information content (AvgIpc) is 3.86. The first-order valence-corrected chi connectivity index (χ1v) is 22.0. The molecule has 0 aliphatic carbocycles. The molecule has 322 valence electrons. The lowest BCUT2D eigenvalue weighted by Gasteiger charge is -2.18. The summed E-state index contributed by atoms with van der Waals surface area (Å²) in [6.45, 7) is 9.17. The molecule has 0 fully saturated rings. The number of aliphatic hydroxyl groups is 5. The van der Waals surface area contributed by atoms with E-state index in [4.69, 9.17) is 25.5 Å². The number of rotatable bonds is 10. The summed E-state index contributed by atoms with van der Waals surface area (Å²) >= 11 is 2.03. The zero-order chi connectivity index (χ0) is 45.2. The number of H-pyrrole nitrogens is 1. The van der Waals surface area contributed by atoms with Gasteiger partial charge in [0.1, 0.15) is 5.76 Å². The molecule has 7 N–H and O–H groups in total. The van der Waals surface area contributed by atoms with E-state index >= 15 is 0 Å². The average molecular weight is 867 g/mol. The molecule has 0 saturated heterocycles. The Bertz CT molecular complexity index is 2970. The third-order valence-electron chi connectivity index (χ3n) is 10.8. The maximum absolute atomic E-state index is 8.48. The molecule has 0 bridgehead atoms. The van der Waals surface area contributed by atoms with Crippen molar-refractivity contribution in [2.75, 3.05) is 5.32 Å². The van der Waals surface area contributed by atoms with Crippen molar-refractivity contribution in [2.24, 2.45) is 0 Å². The predicted octanol–water partition coefficient (Wildman–Crippen LogP) is 15.3. The van der Waals surface area contributed by atoms with E-state index in [2.05, 4.69) is 211 Å². The summed E-state index contributed by atoms with van der Waals surface area (Å²) in [5, 5.41) is 46.9. The second-order valence-corrected chi connectivity index (χ2v) is 16.6. The van der Waals surface area contributed by atoms with Gasteiger partial charge in [-0.15, -0.1) is 11.8 Å². The number of allylic oxidation sites excluding steroid dienone is 1. The minimum atomic E-state index is -0.833. The maximum atomic E-state index is 8.48. The van der Waals surface area contributed by atoms with E-state index in [0.29, 0.717) is 11.2 Å². The molecule has 7 aromatic carbocycles. The Balaban J connectivity index is 0.000000453. The van der Waals surface area contributed by atoms with Gasteiger partial charge in [0.15, 0.2) is 17.7 Å². The summed E-state index contributed by atoms with van der Waals surface area (Å²) < 4.78 is 2.40. The minimum absolute atomic E-state index is 0.312. The smallest absolute Gasteiger partial charge is 0.266 e. The lowest BCUT2D eigenvalue weighted by Crippen LogP contribution is -2.18. The van der Waals surface area contributed by atoms with E-state index in [9.17, 15) is 0 Å². The van der Waals surface area contributed by atoms with Crippen molar-refractivity contribution in [1.82, 2.24) is 9.56 Å². The van der Waals surface area contributed by atoms with Crippen LogP contribution in [0.3, 0.4) is 0 Å². The number of thioether (sulfide) groups is 1. The molecule has 2 heterocycles. The van der Waals surface area contributed by atoms with Gasteiger partial charge in [-0.25, -0.2) is 0 Å². The van der Waals surface area contributed by atoms with Crippen LogP contribution in [0, 0.1) is 0 Å². The van der Waals surface area contributed by atoms with E-state index in [1.807, 2.05) is 11.8 Å². The van der Waals surface area contributed by atoms with E-state index in [1.165, 1.54) is 63.3 Å². The number of hydrogen-bond acceptors (Lipinski definition) is 7. The van der Waals surface area contributed by atoms with Gasteiger partial charge in [0, 0.05) is 73.2 Å². The topological polar surface area (TPSA) is 132 Å². The Morgan fingerprint density at radius 3 is 2.00 bits per heavy atom. The quantitative estimate of drug-likeness (QED) is 0.0315. The standard InChI is InChI=1S/C48H40N3S.C5H8O3.C2H4O2/c1-2-16-45-41(37-23-10-12-30-46(37)52-45)32-51(35-20-7-4-8-21-35)36-22-13-19-34(31-36)49-43-28-14-25-38(47(43)33-17-5-3-6-18-33)39-26-15-29-44-48(39)40-24-9-11-27-42(40)50-44;1-3(6)5(8)4(2)7;1-2(3)4/h3-15,17-32,41,45,49-50H,2,16H2,1H3;6-8H,1H2,2H3;3-4H,1H2/q+1;;/b;5-4-;. The lowest BCUT2D eigenvalue weighted by molar-refractivity contribution is 0.194. The number of hydrogen-bond donors (Lipinski definition) is 7. The van der Waals surface area contributed by atoms with E-state index in [-0.39, 0.29) is 5.76 Å². The summed E-state index contributed by atoms with van der Waals surface area (Å²) in [5.41, 5.74) is 12.9. The molecule has 0 amide bonds. The summed E-state index contributed by atoms with van der Waals surface area (Å²) in [6.07, 6.45) is 4.81. The first kappa shape index (κ1) is 44.4. The molecule has 8 aromatic rings. The van der Waals surface area contributed by atoms with Gasteiger partial charge in [0.25, 0.3) is 5.95 Å². The number of para-hydroxylation sites is 2. The van der Waals surface area contributed by atoms with Gasteiger partial charge in [-0.05, 0) is 72.5 Å². The number of nitrogens with zero attached hydrogens (tertiary/aromatic N) is 1. The largest absolute Gasteiger partial charge is 0.509 e. The summed E-state index contributed by atoms with van der Waals surface area (Å²) in [4.78, 5) is 5.05. The molecular formula is C55H52N3O5S+.